The van der Waals surface area contributed by atoms with Gasteiger partial charge in [-0.2, -0.15) is 5.10 Å². The third kappa shape index (κ3) is 4.76. The number of nitrogens with zero attached hydrogens (tertiary/aromatic N) is 2. The molecule has 2 aromatic carbocycles. The van der Waals surface area contributed by atoms with Gasteiger partial charge in [-0.05, 0) is 22.3 Å². The predicted molar refractivity (Wildman–Crippen MR) is 122 cm³/mol. The number of aliphatic hydroxyl groups excluding tert-OH is 1. The molecule has 0 saturated carbocycles. The van der Waals surface area contributed by atoms with E-state index in [2.05, 4.69) is 15.7 Å². The Bertz CT molecular complexity index is 1190. The Morgan fingerprint density at radius 2 is 1.71 bits per heavy atom. The number of rotatable bonds is 8. The first-order valence-electron chi connectivity index (χ1n) is 10.7. The molecule has 0 spiro atoms. The van der Waals surface area contributed by atoms with E-state index >= 15 is 0 Å². The van der Waals surface area contributed by atoms with Crippen LogP contribution in [0.25, 0.3) is 11.1 Å². The van der Waals surface area contributed by atoms with Crippen molar-refractivity contribution < 1.29 is 29.3 Å². The summed E-state index contributed by atoms with van der Waals surface area (Å²) in [7, 11) is 1.48. The minimum absolute atomic E-state index is 0.00851. The summed E-state index contributed by atoms with van der Waals surface area (Å²) in [5.41, 5.74) is 4.25. The van der Waals surface area contributed by atoms with E-state index in [0.29, 0.717) is 0 Å². The van der Waals surface area contributed by atoms with E-state index in [4.69, 9.17) is 9.84 Å². The number of benzene rings is 2. The molecule has 1 aliphatic rings. The summed E-state index contributed by atoms with van der Waals surface area (Å²) in [6, 6.07) is 16.0. The quantitative estimate of drug-likeness (QED) is 0.401. The van der Waals surface area contributed by atoms with E-state index in [1.165, 1.54) is 11.7 Å². The van der Waals surface area contributed by atoms with Crippen LogP contribution in [0.4, 0.5) is 10.6 Å². The number of hydrogen-bond donors (Lipinski definition) is 4. The van der Waals surface area contributed by atoms with Crippen molar-refractivity contribution in [2.24, 2.45) is 7.05 Å². The minimum atomic E-state index is -1.24. The molecule has 1 heterocycles. The van der Waals surface area contributed by atoms with Crippen molar-refractivity contribution in [3.63, 3.8) is 0 Å². The molecule has 4 rings (SSSR count). The fraction of sp³-hybridized carbons (Fsp3) is 0.250. The number of aromatic nitrogens is 2. The number of hydrogen-bond acceptors (Lipinski definition) is 6. The summed E-state index contributed by atoms with van der Waals surface area (Å²) < 4.78 is 6.61. The molecule has 1 atom stereocenters. The monoisotopic (exact) mass is 464 g/mol. The Morgan fingerprint density at radius 1 is 1.09 bits per heavy atom. The van der Waals surface area contributed by atoms with Crippen LogP contribution in [0.3, 0.4) is 0 Å². The van der Waals surface area contributed by atoms with Crippen LogP contribution >= 0.6 is 0 Å². The lowest BCUT2D eigenvalue weighted by Gasteiger charge is -2.16. The molecule has 176 valence electrons. The Kier molecular flexibility index (Phi) is 6.60. The highest BCUT2D eigenvalue weighted by atomic mass is 16.5. The molecule has 0 bridgehead atoms. The normalized spacial score (nSPS) is 13.0. The summed E-state index contributed by atoms with van der Waals surface area (Å²) >= 11 is 0. The summed E-state index contributed by atoms with van der Waals surface area (Å²) in [4.78, 5) is 35.6. The number of aryl methyl sites for hydroxylation is 1. The van der Waals surface area contributed by atoms with Crippen LogP contribution in [0.2, 0.25) is 0 Å². The first-order valence-corrected chi connectivity index (χ1v) is 10.7. The molecular formula is C24H24N4O6. The number of nitrogens with one attached hydrogen (secondary N) is 2. The summed E-state index contributed by atoms with van der Waals surface area (Å²) in [5.74, 6) is -1.93. The zero-order valence-corrected chi connectivity index (χ0v) is 18.4. The van der Waals surface area contributed by atoms with E-state index < -0.39 is 24.1 Å². The second-order valence-electron chi connectivity index (χ2n) is 7.95. The fourth-order valence-electron chi connectivity index (χ4n) is 4.06. The van der Waals surface area contributed by atoms with Crippen LogP contribution in [0.15, 0.2) is 54.7 Å². The van der Waals surface area contributed by atoms with Crippen molar-refractivity contribution >= 4 is 23.8 Å². The molecule has 0 radical (unpaired) electrons. The maximum atomic E-state index is 12.2. The third-order valence-electron chi connectivity index (χ3n) is 5.67. The van der Waals surface area contributed by atoms with Crippen molar-refractivity contribution in [1.29, 1.82) is 0 Å². The Labute approximate surface area is 195 Å². The van der Waals surface area contributed by atoms with E-state index in [1.807, 2.05) is 48.5 Å². The van der Waals surface area contributed by atoms with Crippen LogP contribution in [0.1, 0.15) is 33.8 Å². The first kappa shape index (κ1) is 23.0. The molecule has 3 aromatic rings. The second-order valence-corrected chi connectivity index (χ2v) is 7.95. The number of carboxylic acid groups (broad SMARTS) is 1. The van der Waals surface area contributed by atoms with Crippen molar-refractivity contribution in [2.75, 3.05) is 18.5 Å². The highest BCUT2D eigenvalue weighted by Gasteiger charge is 2.29. The molecule has 0 aliphatic heterocycles. The lowest BCUT2D eigenvalue weighted by atomic mass is 9.98. The largest absolute Gasteiger partial charge is 0.477 e. The number of anilines is 1. The number of amides is 2. The summed E-state index contributed by atoms with van der Waals surface area (Å²) in [6.07, 6.45) is -1.14. The number of aromatic carboxylic acids is 1. The lowest BCUT2D eigenvalue weighted by Crippen LogP contribution is -2.35. The maximum absolute atomic E-state index is 12.2. The SMILES string of the molecule is Cn1ncc(C(=O)O)c1NC(=O)CC(O)CNC(=O)OCC1c2ccccc2-c2ccccc21. The van der Waals surface area contributed by atoms with Gasteiger partial charge in [0, 0.05) is 19.5 Å². The Hall–Kier alpha value is -4.18. The van der Waals surface area contributed by atoms with Gasteiger partial charge in [0.25, 0.3) is 0 Å². The summed E-state index contributed by atoms with van der Waals surface area (Å²) in [6.45, 7) is -0.0732. The van der Waals surface area contributed by atoms with Crippen LogP contribution in [0, 0.1) is 0 Å². The third-order valence-corrected chi connectivity index (χ3v) is 5.67. The summed E-state index contributed by atoms with van der Waals surface area (Å²) in [5, 5.41) is 27.9. The number of aliphatic hydroxyl groups is 1. The molecule has 1 aromatic heterocycles. The number of carboxylic acids is 1. The standard InChI is InChI=1S/C24H24N4O6/c1-28-22(19(12-26-28)23(31)32)27-21(30)10-14(29)11-25-24(33)34-13-20-17-8-4-2-6-15(17)16-7-3-5-9-18(16)20/h2-9,12,14,20,29H,10-11,13H2,1H3,(H,25,33)(H,27,30)(H,31,32). The number of alkyl carbamates (subject to hydrolysis) is 1. The number of carbonyl (C=O) groups is 3. The molecule has 1 aliphatic carbocycles. The zero-order valence-electron chi connectivity index (χ0n) is 18.4. The van der Waals surface area contributed by atoms with Gasteiger partial charge in [0.1, 0.15) is 18.0 Å². The average molecular weight is 464 g/mol. The van der Waals surface area contributed by atoms with Crippen LogP contribution in [0.5, 0.6) is 0 Å². The second kappa shape index (κ2) is 9.75. The molecular weight excluding hydrogens is 440 g/mol. The highest BCUT2D eigenvalue weighted by Crippen LogP contribution is 2.44. The van der Waals surface area contributed by atoms with Crippen molar-refractivity contribution in [2.45, 2.75) is 18.4 Å². The van der Waals surface area contributed by atoms with Crippen LogP contribution < -0.4 is 10.6 Å². The Morgan fingerprint density at radius 3 is 2.32 bits per heavy atom. The van der Waals surface area contributed by atoms with Crippen molar-refractivity contribution in [3.8, 4) is 11.1 Å². The zero-order chi connectivity index (χ0) is 24.2. The van der Waals surface area contributed by atoms with Gasteiger partial charge in [-0.1, -0.05) is 48.5 Å². The lowest BCUT2D eigenvalue weighted by molar-refractivity contribution is -0.118. The van der Waals surface area contributed by atoms with E-state index in [0.717, 1.165) is 28.5 Å². The molecule has 1 unspecified atom stereocenters. The topological polar surface area (TPSA) is 143 Å². The fourth-order valence-corrected chi connectivity index (χ4v) is 4.06. The molecule has 10 nitrogen and oxygen atoms in total. The smallest absolute Gasteiger partial charge is 0.407 e. The number of carbonyl (C=O) groups excluding carboxylic acids is 2. The molecule has 0 fully saturated rings. The van der Waals surface area contributed by atoms with Gasteiger partial charge in [-0.3, -0.25) is 9.48 Å². The van der Waals surface area contributed by atoms with Crippen LogP contribution in [-0.4, -0.2) is 57.2 Å². The molecule has 10 heteroatoms. The highest BCUT2D eigenvalue weighted by molar-refractivity contribution is 5.99. The maximum Gasteiger partial charge on any atom is 0.407 e. The van der Waals surface area contributed by atoms with E-state index in [9.17, 15) is 19.5 Å². The van der Waals surface area contributed by atoms with Gasteiger partial charge < -0.3 is 25.6 Å². The Balaban J connectivity index is 1.27. The van der Waals surface area contributed by atoms with Gasteiger partial charge in [-0.15, -0.1) is 0 Å². The van der Waals surface area contributed by atoms with Gasteiger partial charge in [0.15, 0.2) is 0 Å². The first-order chi connectivity index (χ1) is 16.3. The van der Waals surface area contributed by atoms with Crippen molar-refractivity contribution in [1.82, 2.24) is 15.1 Å². The van der Waals surface area contributed by atoms with Gasteiger partial charge in [-0.25, -0.2) is 9.59 Å². The van der Waals surface area contributed by atoms with Gasteiger partial charge >= 0.3 is 12.1 Å². The minimum Gasteiger partial charge on any atom is -0.477 e. The van der Waals surface area contributed by atoms with E-state index in [-0.39, 0.29) is 36.9 Å². The van der Waals surface area contributed by atoms with Gasteiger partial charge in [0.2, 0.25) is 5.91 Å². The van der Waals surface area contributed by atoms with Crippen molar-refractivity contribution in [3.05, 3.63) is 71.4 Å². The molecule has 0 saturated heterocycles. The molecule has 4 N–H and O–H groups in total. The predicted octanol–water partition coefficient (Wildman–Crippen LogP) is 2.35. The van der Waals surface area contributed by atoms with Gasteiger partial charge in [0.05, 0.1) is 18.7 Å². The van der Waals surface area contributed by atoms with Crippen LogP contribution in [-0.2, 0) is 16.6 Å². The average Bonchev–Trinajstić information content (AvgIpc) is 3.34. The van der Waals surface area contributed by atoms with E-state index in [1.54, 1.807) is 0 Å². The number of ether oxygens (including phenoxy) is 1. The molecule has 2 amide bonds. The number of fused-ring (bicyclic) bond motifs is 3. The molecule has 34 heavy (non-hydrogen) atoms.